The largest absolute Gasteiger partial charge is 0.497 e. The van der Waals surface area contributed by atoms with Crippen molar-refractivity contribution < 1.29 is 9.53 Å². The number of carbonyl (C=O) groups is 1. The number of rotatable bonds is 5. The molecule has 1 amide bonds. The van der Waals surface area contributed by atoms with E-state index in [1.807, 2.05) is 32.2 Å². The van der Waals surface area contributed by atoms with E-state index in [4.69, 9.17) is 4.74 Å². The van der Waals surface area contributed by atoms with E-state index in [1.54, 1.807) is 12.0 Å². The first-order valence-corrected chi connectivity index (χ1v) is 7.01. The van der Waals surface area contributed by atoms with Crippen LogP contribution in [0, 0.1) is 0 Å². The van der Waals surface area contributed by atoms with Gasteiger partial charge in [0, 0.05) is 12.7 Å². The minimum atomic E-state index is -0.436. The first kappa shape index (κ1) is 14.9. The molecule has 1 heterocycles. The number of likely N-dealkylation sites (N-methyl/N-ethyl adjacent to an activating group) is 1. The summed E-state index contributed by atoms with van der Waals surface area (Å²) in [6.07, 6.45) is 1.86. The molecule has 0 saturated heterocycles. The molecule has 1 aliphatic heterocycles. The molecule has 0 aromatic heterocycles. The summed E-state index contributed by atoms with van der Waals surface area (Å²) in [5.74, 6) is 0.991. The smallest absolute Gasteiger partial charge is 0.237 e. The highest BCUT2D eigenvalue weighted by Crippen LogP contribution is 2.45. The Bertz CT molecular complexity index is 513. The van der Waals surface area contributed by atoms with Gasteiger partial charge in [-0.2, -0.15) is 0 Å². The summed E-state index contributed by atoms with van der Waals surface area (Å²) in [6.45, 7) is 3.04. The number of benzene rings is 1. The molecule has 0 spiro atoms. The maximum atomic E-state index is 12.6. The first-order valence-electron chi connectivity index (χ1n) is 7.01. The third-order valence-electron chi connectivity index (χ3n) is 4.22. The Labute approximate surface area is 121 Å². The highest BCUT2D eigenvalue weighted by molar-refractivity contribution is 6.07. The zero-order chi connectivity index (χ0) is 14.9. The van der Waals surface area contributed by atoms with Gasteiger partial charge in [-0.1, -0.05) is 0 Å². The summed E-state index contributed by atoms with van der Waals surface area (Å²) in [5.41, 5.74) is 1.65. The van der Waals surface area contributed by atoms with Gasteiger partial charge in [0.25, 0.3) is 0 Å². The maximum Gasteiger partial charge on any atom is 0.237 e. The number of anilines is 1. The summed E-state index contributed by atoms with van der Waals surface area (Å²) in [4.78, 5) is 16.6. The van der Waals surface area contributed by atoms with Crippen LogP contribution in [-0.2, 0) is 10.2 Å². The Morgan fingerprint density at radius 2 is 2.05 bits per heavy atom. The van der Waals surface area contributed by atoms with Crippen LogP contribution in [0.15, 0.2) is 18.2 Å². The van der Waals surface area contributed by atoms with Crippen molar-refractivity contribution in [2.75, 3.05) is 39.7 Å². The van der Waals surface area contributed by atoms with Gasteiger partial charge in [-0.15, -0.1) is 0 Å². The van der Waals surface area contributed by atoms with Gasteiger partial charge < -0.3 is 14.5 Å². The van der Waals surface area contributed by atoms with E-state index in [2.05, 4.69) is 19.0 Å². The number of carbonyl (C=O) groups excluding carboxylic acids is 1. The second-order valence-electron chi connectivity index (χ2n) is 5.99. The summed E-state index contributed by atoms with van der Waals surface area (Å²) in [7, 11) is 7.63. The maximum absolute atomic E-state index is 12.6. The average Bonchev–Trinajstić information content (AvgIpc) is 2.61. The lowest BCUT2D eigenvalue weighted by Crippen LogP contribution is -2.36. The van der Waals surface area contributed by atoms with E-state index in [1.165, 1.54) is 0 Å². The van der Waals surface area contributed by atoms with Crippen molar-refractivity contribution in [1.82, 2.24) is 4.90 Å². The quantitative estimate of drug-likeness (QED) is 0.827. The molecule has 1 atom stereocenters. The molecule has 20 heavy (non-hydrogen) atoms. The second-order valence-corrected chi connectivity index (χ2v) is 5.99. The minimum Gasteiger partial charge on any atom is -0.497 e. The Balaban J connectivity index is 2.32. The Kier molecular flexibility index (Phi) is 4.04. The van der Waals surface area contributed by atoms with Crippen LogP contribution in [0.2, 0.25) is 0 Å². The van der Waals surface area contributed by atoms with Gasteiger partial charge in [0.15, 0.2) is 0 Å². The van der Waals surface area contributed by atoms with Crippen LogP contribution in [0.4, 0.5) is 5.69 Å². The fraction of sp³-hybridized carbons (Fsp3) is 0.562. The number of ether oxygens (including phenoxy) is 1. The van der Waals surface area contributed by atoms with Crippen molar-refractivity contribution in [2.45, 2.75) is 25.2 Å². The van der Waals surface area contributed by atoms with Crippen molar-refractivity contribution in [1.29, 1.82) is 0 Å². The van der Waals surface area contributed by atoms with Gasteiger partial charge in [0.05, 0.1) is 12.5 Å². The summed E-state index contributed by atoms with van der Waals surface area (Å²) < 4.78 is 5.31. The van der Waals surface area contributed by atoms with Crippen molar-refractivity contribution in [3.8, 4) is 5.75 Å². The minimum absolute atomic E-state index is 0.180. The summed E-state index contributed by atoms with van der Waals surface area (Å²) in [5, 5.41) is 0. The van der Waals surface area contributed by atoms with Gasteiger partial charge in [-0.3, -0.25) is 4.79 Å². The molecule has 1 aromatic carbocycles. The Morgan fingerprint density at radius 1 is 1.35 bits per heavy atom. The number of hydrogen-bond acceptors (Lipinski definition) is 3. The predicted molar refractivity (Wildman–Crippen MR) is 81.5 cm³/mol. The normalized spacial score (nSPS) is 21.5. The van der Waals surface area contributed by atoms with Crippen molar-refractivity contribution in [3.63, 3.8) is 0 Å². The molecule has 4 heteroatoms. The topological polar surface area (TPSA) is 32.8 Å². The molecule has 0 N–H and O–H groups in total. The van der Waals surface area contributed by atoms with Gasteiger partial charge in [-0.05, 0) is 64.2 Å². The van der Waals surface area contributed by atoms with E-state index < -0.39 is 5.41 Å². The van der Waals surface area contributed by atoms with E-state index >= 15 is 0 Å². The molecule has 1 unspecified atom stereocenters. The molecule has 110 valence electrons. The molecule has 2 rings (SSSR count). The highest BCUT2D eigenvalue weighted by atomic mass is 16.5. The van der Waals surface area contributed by atoms with Gasteiger partial charge in [0.1, 0.15) is 5.75 Å². The third-order valence-corrected chi connectivity index (χ3v) is 4.22. The molecular weight excluding hydrogens is 252 g/mol. The van der Waals surface area contributed by atoms with E-state index in [0.29, 0.717) is 0 Å². The monoisotopic (exact) mass is 276 g/mol. The summed E-state index contributed by atoms with van der Waals surface area (Å²) in [6, 6.07) is 5.89. The lowest BCUT2D eigenvalue weighted by Gasteiger charge is -2.24. The molecule has 0 saturated carbocycles. The van der Waals surface area contributed by atoms with E-state index in [0.717, 1.165) is 36.4 Å². The van der Waals surface area contributed by atoms with E-state index in [-0.39, 0.29) is 5.91 Å². The highest BCUT2D eigenvalue weighted by Gasteiger charge is 2.45. The lowest BCUT2D eigenvalue weighted by atomic mass is 9.79. The molecule has 0 fully saturated rings. The number of hydrogen-bond donors (Lipinski definition) is 0. The van der Waals surface area contributed by atoms with Crippen LogP contribution < -0.4 is 9.64 Å². The van der Waals surface area contributed by atoms with Crippen LogP contribution in [0.1, 0.15) is 25.3 Å². The molecule has 0 radical (unpaired) electrons. The van der Waals surface area contributed by atoms with Crippen LogP contribution in [0.25, 0.3) is 0 Å². The number of fused-ring (bicyclic) bond motifs is 1. The Hall–Kier alpha value is -1.55. The molecule has 1 aromatic rings. The number of amides is 1. The molecular formula is C16H24N2O2. The second kappa shape index (κ2) is 5.44. The van der Waals surface area contributed by atoms with E-state index in [9.17, 15) is 4.79 Å². The molecule has 0 aliphatic carbocycles. The third kappa shape index (κ3) is 2.40. The SMILES string of the molecule is COc1ccc2c(c1)C(C)(CCCN(C)C)C(=O)N2C. The average molecular weight is 276 g/mol. The molecule has 4 nitrogen and oxygen atoms in total. The van der Waals surface area contributed by atoms with Crippen molar-refractivity contribution >= 4 is 11.6 Å². The van der Waals surface area contributed by atoms with Crippen LogP contribution >= 0.6 is 0 Å². The Morgan fingerprint density at radius 3 is 2.65 bits per heavy atom. The number of nitrogens with zero attached hydrogens (tertiary/aromatic N) is 2. The first-order chi connectivity index (χ1) is 9.40. The zero-order valence-corrected chi connectivity index (χ0v) is 13.1. The fourth-order valence-corrected chi connectivity index (χ4v) is 2.96. The fourth-order valence-electron chi connectivity index (χ4n) is 2.96. The van der Waals surface area contributed by atoms with Crippen LogP contribution in [0.3, 0.4) is 0 Å². The van der Waals surface area contributed by atoms with Crippen LogP contribution in [-0.4, -0.2) is 45.6 Å². The van der Waals surface area contributed by atoms with Gasteiger partial charge in [-0.25, -0.2) is 0 Å². The molecule has 0 bridgehead atoms. The van der Waals surface area contributed by atoms with Crippen molar-refractivity contribution in [3.05, 3.63) is 23.8 Å². The zero-order valence-electron chi connectivity index (χ0n) is 13.1. The van der Waals surface area contributed by atoms with Crippen LogP contribution in [0.5, 0.6) is 5.75 Å². The van der Waals surface area contributed by atoms with Crippen molar-refractivity contribution in [2.24, 2.45) is 0 Å². The van der Waals surface area contributed by atoms with Gasteiger partial charge >= 0.3 is 0 Å². The lowest BCUT2D eigenvalue weighted by molar-refractivity contribution is -0.122. The predicted octanol–water partition coefficient (Wildman–Crippen LogP) is 2.27. The molecule has 1 aliphatic rings. The standard InChI is InChI=1S/C16H24N2O2/c1-16(9-6-10-17(2)3)13-11-12(20-5)7-8-14(13)18(4)15(16)19/h7-8,11H,6,9-10H2,1-5H3. The van der Waals surface area contributed by atoms with Gasteiger partial charge in [0.2, 0.25) is 5.91 Å². The summed E-state index contributed by atoms with van der Waals surface area (Å²) >= 11 is 0. The number of methoxy groups -OCH3 is 1.